The lowest BCUT2D eigenvalue weighted by atomic mass is 10.1. The molecule has 5 aromatic heterocycles. The minimum Gasteiger partial charge on any atom is -0.481 e. The Morgan fingerprint density at radius 3 is 2.76 bits per heavy atom. The lowest BCUT2D eigenvalue weighted by molar-refractivity contribution is -0.136. The molecule has 1 atom stereocenters. The van der Waals surface area contributed by atoms with Gasteiger partial charge in [-0.3, -0.25) is 14.0 Å². The molecule has 0 radical (unpaired) electrons. The summed E-state index contributed by atoms with van der Waals surface area (Å²) in [5.74, 6) is -0.145. The van der Waals surface area contributed by atoms with Crippen LogP contribution in [0.1, 0.15) is 37.7 Å². The fraction of sp³-hybridized carbons (Fsp3) is 0.250. The van der Waals surface area contributed by atoms with E-state index in [4.69, 9.17) is 10.1 Å². The highest BCUT2D eigenvalue weighted by atomic mass is 32.1. The molecule has 170 valence electrons. The van der Waals surface area contributed by atoms with Crippen molar-refractivity contribution in [1.82, 2.24) is 34.3 Å². The summed E-state index contributed by atoms with van der Waals surface area (Å²) in [6.07, 6.45) is 3.24. The topological polar surface area (TPSA) is 151 Å². The van der Waals surface area contributed by atoms with Crippen molar-refractivity contribution in [1.29, 1.82) is 0 Å². The molecule has 0 fully saturated rings. The molecule has 5 heterocycles. The molecule has 0 amide bonds. The van der Waals surface area contributed by atoms with Crippen LogP contribution in [0.2, 0.25) is 0 Å². The number of rotatable bonds is 5. The number of anilines is 1. The maximum Gasteiger partial charge on any atom is 0.303 e. The smallest absolute Gasteiger partial charge is 0.303 e. The molecular weight excluding hydrogens is 464 g/mol. The van der Waals surface area contributed by atoms with Crippen molar-refractivity contribution in [2.75, 3.05) is 5.32 Å². The molecule has 11 nitrogen and oxygen atoms in total. The van der Waals surface area contributed by atoms with Gasteiger partial charge in [-0.05, 0) is 13.8 Å². The third kappa shape index (κ3) is 4.45. The minimum absolute atomic E-state index is 0.118. The third-order valence-corrected chi connectivity index (χ3v) is 6.28. The maximum absolute atomic E-state index is 13.3. The van der Waals surface area contributed by atoms with E-state index < -0.39 is 5.97 Å². The summed E-state index contributed by atoms with van der Waals surface area (Å²) in [6.45, 7) is 5.44. The zero-order chi connectivity index (χ0) is 23.5. The van der Waals surface area contributed by atoms with Crippen molar-refractivity contribution >= 4 is 50.6 Å². The number of carboxylic acid groups (broad SMARTS) is 1. The maximum atomic E-state index is 13.3. The molecule has 0 spiro atoms. The van der Waals surface area contributed by atoms with Crippen LogP contribution < -0.4 is 10.9 Å². The monoisotopic (exact) mass is 484 g/mol. The molecule has 0 aliphatic heterocycles. The second-order valence-electron chi connectivity index (χ2n) is 6.98. The fourth-order valence-electron chi connectivity index (χ4n) is 3.14. The summed E-state index contributed by atoms with van der Waals surface area (Å²) in [4.78, 5) is 48.1. The molecule has 13 heteroatoms. The van der Waals surface area contributed by atoms with Crippen LogP contribution in [0.4, 0.5) is 5.82 Å². The molecular formula is C20H20N8O3S2. The van der Waals surface area contributed by atoms with Gasteiger partial charge in [0.1, 0.15) is 11.8 Å². The van der Waals surface area contributed by atoms with Gasteiger partial charge < -0.3 is 15.4 Å². The number of hydrogen-bond acceptors (Lipinski definition) is 10. The van der Waals surface area contributed by atoms with Crippen LogP contribution >= 0.6 is 22.7 Å². The Balaban J connectivity index is 0.000000471. The summed E-state index contributed by atoms with van der Waals surface area (Å²) in [5, 5.41) is 14.8. The van der Waals surface area contributed by atoms with Crippen molar-refractivity contribution in [3.05, 3.63) is 50.7 Å². The number of aromatic nitrogens is 7. The number of aryl methyl sites for hydroxylation is 1. The van der Waals surface area contributed by atoms with Crippen molar-refractivity contribution in [2.24, 2.45) is 0 Å². The molecule has 0 aliphatic rings. The van der Waals surface area contributed by atoms with Crippen molar-refractivity contribution in [3.63, 3.8) is 0 Å². The van der Waals surface area contributed by atoms with Gasteiger partial charge in [0.25, 0.3) is 5.56 Å². The normalized spacial score (nSPS) is 11.8. The molecule has 0 aliphatic carbocycles. The van der Waals surface area contributed by atoms with Crippen LogP contribution in [-0.2, 0) is 4.79 Å². The molecule has 0 aromatic carbocycles. The molecule has 0 saturated heterocycles. The van der Waals surface area contributed by atoms with Crippen LogP contribution in [0.5, 0.6) is 0 Å². The highest BCUT2D eigenvalue weighted by molar-refractivity contribution is 7.15. The lowest BCUT2D eigenvalue weighted by Gasteiger charge is -2.17. The number of carboxylic acids is 1. The second kappa shape index (κ2) is 9.42. The van der Waals surface area contributed by atoms with Crippen molar-refractivity contribution in [3.8, 4) is 11.3 Å². The van der Waals surface area contributed by atoms with Gasteiger partial charge in [0, 0.05) is 22.9 Å². The first kappa shape index (κ1) is 22.5. The Morgan fingerprint density at radius 1 is 1.27 bits per heavy atom. The van der Waals surface area contributed by atoms with Crippen molar-refractivity contribution < 1.29 is 9.90 Å². The summed E-state index contributed by atoms with van der Waals surface area (Å²) >= 11 is 2.88. The van der Waals surface area contributed by atoms with Crippen molar-refractivity contribution in [2.45, 2.75) is 33.2 Å². The largest absolute Gasteiger partial charge is 0.481 e. The number of thiazole rings is 2. The molecule has 5 rings (SSSR count). The lowest BCUT2D eigenvalue weighted by Crippen LogP contribution is -2.23. The summed E-state index contributed by atoms with van der Waals surface area (Å²) in [7, 11) is 0. The number of hydrogen-bond donors (Lipinski definition) is 3. The van der Waals surface area contributed by atoms with E-state index in [0.29, 0.717) is 38.9 Å². The van der Waals surface area contributed by atoms with Crippen LogP contribution in [0.25, 0.3) is 27.4 Å². The molecule has 3 N–H and O–H groups in total. The Morgan fingerprint density at radius 2 is 2.06 bits per heavy atom. The first-order valence-electron chi connectivity index (χ1n) is 9.92. The first-order valence-corrected chi connectivity index (χ1v) is 11.7. The first-order chi connectivity index (χ1) is 15.9. The van der Waals surface area contributed by atoms with E-state index in [0.717, 1.165) is 5.69 Å². The van der Waals surface area contributed by atoms with Crippen LogP contribution in [0, 0.1) is 6.92 Å². The average molecular weight is 485 g/mol. The summed E-state index contributed by atoms with van der Waals surface area (Å²) in [5.41, 5.74) is 5.48. The van der Waals surface area contributed by atoms with E-state index in [1.165, 1.54) is 29.0 Å². The highest BCUT2D eigenvalue weighted by Gasteiger charge is 2.23. The number of fused-ring (bicyclic) bond motifs is 2. The van der Waals surface area contributed by atoms with Crippen LogP contribution in [0.3, 0.4) is 0 Å². The van der Waals surface area contributed by atoms with Gasteiger partial charge in [0.15, 0.2) is 16.4 Å². The number of H-pyrrole nitrogens is 1. The fourth-order valence-corrected chi connectivity index (χ4v) is 4.54. The zero-order valence-corrected chi connectivity index (χ0v) is 19.6. The number of nitrogens with zero attached hydrogens (tertiary/aromatic N) is 6. The predicted octanol–water partition coefficient (Wildman–Crippen LogP) is 3.51. The van der Waals surface area contributed by atoms with Gasteiger partial charge in [0.05, 0.1) is 34.8 Å². The van der Waals surface area contributed by atoms with Gasteiger partial charge in [-0.25, -0.2) is 24.9 Å². The number of aliphatic carboxylic acids is 1. The molecule has 33 heavy (non-hydrogen) atoms. The molecule has 5 aromatic rings. The number of nitrogens with one attached hydrogen (secondary N) is 2. The number of carbonyl (C=O) groups is 1. The van der Waals surface area contributed by atoms with E-state index in [2.05, 4.69) is 30.2 Å². The Hall–Kier alpha value is -3.71. The van der Waals surface area contributed by atoms with E-state index in [-0.39, 0.29) is 18.0 Å². The Bertz CT molecular complexity index is 1470. The minimum atomic E-state index is -0.745. The second-order valence-corrected chi connectivity index (χ2v) is 8.54. The summed E-state index contributed by atoms with van der Waals surface area (Å²) in [6, 6.07) is -0.293. The average Bonchev–Trinajstić information content (AvgIpc) is 3.55. The SMILES string of the molecule is CCC(=O)O.Cc1csc2nc(C(C)Nc3ncnc4nc[nH]c34)c(-c3cscn3)c(=O)n12. The Kier molecular flexibility index (Phi) is 6.42. The van der Waals surface area contributed by atoms with Gasteiger partial charge in [-0.1, -0.05) is 6.92 Å². The van der Waals surface area contributed by atoms with E-state index in [1.54, 1.807) is 23.2 Å². The van der Waals surface area contributed by atoms with Gasteiger partial charge >= 0.3 is 5.97 Å². The van der Waals surface area contributed by atoms with Gasteiger partial charge in [0.2, 0.25) is 0 Å². The van der Waals surface area contributed by atoms with Crippen LogP contribution in [-0.4, -0.2) is 45.4 Å². The predicted molar refractivity (Wildman–Crippen MR) is 127 cm³/mol. The van der Waals surface area contributed by atoms with Gasteiger partial charge in [-0.15, -0.1) is 22.7 Å². The summed E-state index contributed by atoms with van der Waals surface area (Å²) < 4.78 is 1.63. The molecule has 0 saturated carbocycles. The quantitative estimate of drug-likeness (QED) is 0.340. The number of aromatic amines is 1. The zero-order valence-electron chi connectivity index (χ0n) is 17.9. The van der Waals surface area contributed by atoms with E-state index in [9.17, 15) is 9.59 Å². The van der Waals surface area contributed by atoms with Crippen LogP contribution in [0.15, 0.2) is 33.7 Å². The van der Waals surface area contributed by atoms with E-state index in [1.807, 2.05) is 24.6 Å². The third-order valence-electron chi connectivity index (χ3n) is 4.75. The number of imidazole rings is 1. The Labute approximate surface area is 195 Å². The highest BCUT2D eigenvalue weighted by Crippen LogP contribution is 2.28. The molecule has 1 unspecified atom stereocenters. The van der Waals surface area contributed by atoms with Gasteiger partial charge in [-0.2, -0.15) is 0 Å². The molecule has 0 bridgehead atoms. The standard InChI is InChI=1S/C17H14N8OS2.C3H6O2/c1-8-3-28-17-24-12(11(16(26)25(8)17)10-4-27-7-22-10)9(2)23-15-13-14(19-5-18-13)20-6-21-15;1-2-3(4)5/h3-7,9H,1-2H3,(H2,18,19,20,21,23);2H2,1H3,(H,4,5). The van der Waals surface area contributed by atoms with E-state index >= 15 is 0 Å².